The first kappa shape index (κ1) is 22.6. The molecule has 2 aliphatic carbocycles. The first-order chi connectivity index (χ1) is 16.8. The number of aliphatic hydroxyl groups is 1. The second kappa shape index (κ2) is 8.69. The minimum atomic E-state index is -0.823. The van der Waals surface area contributed by atoms with E-state index in [1.807, 2.05) is 31.0 Å². The largest absolute Gasteiger partial charge is 0.390 e. The van der Waals surface area contributed by atoms with Crippen molar-refractivity contribution in [3.8, 4) is 11.4 Å². The molecule has 0 radical (unpaired) electrons. The van der Waals surface area contributed by atoms with Gasteiger partial charge in [0.2, 0.25) is 0 Å². The van der Waals surface area contributed by atoms with Crippen molar-refractivity contribution in [1.29, 1.82) is 0 Å². The lowest BCUT2D eigenvalue weighted by molar-refractivity contribution is 0.0196. The number of imidazole rings is 1. The van der Waals surface area contributed by atoms with Gasteiger partial charge in [-0.05, 0) is 71.6 Å². The molecule has 2 fully saturated rings. The van der Waals surface area contributed by atoms with Crippen molar-refractivity contribution in [1.82, 2.24) is 24.6 Å². The molecule has 3 aliphatic rings. The molecule has 0 bridgehead atoms. The van der Waals surface area contributed by atoms with Gasteiger partial charge in [-0.2, -0.15) is 0 Å². The van der Waals surface area contributed by atoms with Gasteiger partial charge in [0.1, 0.15) is 17.6 Å². The number of aryl methyl sites for hydroxylation is 3. The molecule has 1 saturated carbocycles. The van der Waals surface area contributed by atoms with Gasteiger partial charge in [-0.25, -0.2) is 18.9 Å². The van der Waals surface area contributed by atoms with Crippen molar-refractivity contribution < 1.29 is 9.50 Å². The predicted octanol–water partition coefficient (Wildman–Crippen LogP) is 4.03. The Balaban J connectivity index is 1.39. The molecule has 0 spiro atoms. The molecule has 1 aliphatic heterocycles. The molecule has 4 heterocycles. The maximum absolute atomic E-state index is 14.0. The van der Waals surface area contributed by atoms with E-state index in [1.54, 1.807) is 4.52 Å². The zero-order valence-electron chi connectivity index (χ0n) is 20.6. The molecule has 3 aromatic heterocycles. The van der Waals surface area contributed by atoms with Crippen LogP contribution in [0.15, 0.2) is 12.3 Å². The second-order valence-corrected chi connectivity index (χ2v) is 10.8. The quantitative estimate of drug-likeness (QED) is 0.584. The predicted molar refractivity (Wildman–Crippen MR) is 134 cm³/mol. The van der Waals surface area contributed by atoms with Crippen molar-refractivity contribution in [2.75, 3.05) is 23.3 Å². The summed E-state index contributed by atoms with van der Waals surface area (Å²) in [5, 5.41) is 18.9. The summed E-state index contributed by atoms with van der Waals surface area (Å²) in [6.07, 6.45) is 9.19. The maximum atomic E-state index is 14.0. The highest BCUT2D eigenvalue weighted by Gasteiger charge is 2.30. The van der Waals surface area contributed by atoms with E-state index < -0.39 is 11.8 Å². The highest BCUT2D eigenvalue weighted by Crippen LogP contribution is 2.33. The summed E-state index contributed by atoms with van der Waals surface area (Å²) in [6, 6.07) is 2.25. The van der Waals surface area contributed by atoms with Gasteiger partial charge >= 0.3 is 0 Å². The highest BCUT2D eigenvalue weighted by molar-refractivity contribution is 5.74. The Bertz CT molecular complexity index is 1250. The lowest BCUT2D eigenvalue weighted by atomic mass is 9.83. The number of fused-ring (bicyclic) bond motifs is 2. The Morgan fingerprint density at radius 2 is 1.83 bits per heavy atom. The number of aromatic nitrogens is 5. The van der Waals surface area contributed by atoms with Crippen molar-refractivity contribution in [2.45, 2.75) is 89.4 Å². The number of halogens is 1. The highest BCUT2D eigenvalue weighted by atomic mass is 19.1. The van der Waals surface area contributed by atoms with E-state index >= 15 is 0 Å². The van der Waals surface area contributed by atoms with E-state index in [0.717, 1.165) is 90.6 Å². The third-order valence-electron chi connectivity index (χ3n) is 7.83. The van der Waals surface area contributed by atoms with Crippen LogP contribution in [0, 0.1) is 6.92 Å². The number of hydrogen-bond donors (Lipinski definition) is 2. The Morgan fingerprint density at radius 3 is 2.54 bits per heavy atom. The van der Waals surface area contributed by atoms with Gasteiger partial charge in [-0.3, -0.25) is 4.98 Å². The molecule has 1 saturated heterocycles. The second-order valence-electron chi connectivity index (χ2n) is 10.8. The molecule has 3 aromatic rings. The smallest absolute Gasteiger partial charge is 0.177 e. The topological polar surface area (TPSA) is 91.5 Å². The summed E-state index contributed by atoms with van der Waals surface area (Å²) in [4.78, 5) is 16.8. The normalized spacial score (nSPS) is 26.8. The van der Waals surface area contributed by atoms with Gasteiger partial charge in [-0.15, -0.1) is 5.10 Å². The first-order valence-corrected chi connectivity index (χ1v) is 13.0. The Kier molecular flexibility index (Phi) is 5.62. The van der Waals surface area contributed by atoms with Gasteiger partial charge < -0.3 is 15.3 Å². The third-order valence-corrected chi connectivity index (χ3v) is 7.83. The van der Waals surface area contributed by atoms with Gasteiger partial charge in [0.25, 0.3) is 0 Å². The average molecular weight is 480 g/mol. The molecule has 35 heavy (non-hydrogen) atoms. The van der Waals surface area contributed by atoms with Gasteiger partial charge in [0, 0.05) is 18.7 Å². The average Bonchev–Trinajstić information content (AvgIpc) is 3.46. The van der Waals surface area contributed by atoms with Crippen LogP contribution in [0.1, 0.15) is 69.0 Å². The monoisotopic (exact) mass is 479 g/mol. The molecule has 186 valence electrons. The molecule has 9 heteroatoms. The Morgan fingerprint density at radius 1 is 1.09 bits per heavy atom. The SMILES string of the molecule is Cc1nc2c(nc1-c1cn3nc(N4CC[C@H](F)C4)cc(N[C@H]4CC[C@](C)(O)CC4)c3n1)CCCC2. The summed E-state index contributed by atoms with van der Waals surface area (Å²) in [6.45, 7) is 4.93. The zero-order valence-corrected chi connectivity index (χ0v) is 20.6. The lowest BCUT2D eigenvalue weighted by Crippen LogP contribution is -2.36. The summed E-state index contributed by atoms with van der Waals surface area (Å²) in [5.41, 5.74) is 5.68. The molecule has 0 amide bonds. The van der Waals surface area contributed by atoms with Crippen LogP contribution in [-0.2, 0) is 12.8 Å². The number of alkyl halides is 1. The van der Waals surface area contributed by atoms with E-state index in [2.05, 4.69) is 5.32 Å². The van der Waals surface area contributed by atoms with Crippen LogP contribution < -0.4 is 10.2 Å². The molecular weight excluding hydrogens is 445 g/mol. The van der Waals surface area contributed by atoms with E-state index in [9.17, 15) is 9.50 Å². The Labute approximate surface area is 205 Å². The van der Waals surface area contributed by atoms with Crippen LogP contribution in [0.4, 0.5) is 15.9 Å². The van der Waals surface area contributed by atoms with E-state index in [1.165, 1.54) is 6.42 Å². The van der Waals surface area contributed by atoms with Crippen molar-refractivity contribution in [2.24, 2.45) is 0 Å². The number of anilines is 2. The number of hydrogen-bond acceptors (Lipinski definition) is 7. The first-order valence-electron chi connectivity index (χ1n) is 13.0. The number of nitrogens with zero attached hydrogens (tertiary/aromatic N) is 6. The summed E-state index contributed by atoms with van der Waals surface area (Å²) in [7, 11) is 0. The van der Waals surface area contributed by atoms with Gasteiger partial charge in [0.05, 0.1) is 41.1 Å². The van der Waals surface area contributed by atoms with E-state index in [-0.39, 0.29) is 6.04 Å². The fourth-order valence-corrected chi connectivity index (χ4v) is 5.70. The van der Waals surface area contributed by atoms with Crippen molar-refractivity contribution >= 4 is 17.2 Å². The van der Waals surface area contributed by atoms with Crippen molar-refractivity contribution in [3.63, 3.8) is 0 Å². The van der Waals surface area contributed by atoms with E-state index in [0.29, 0.717) is 19.5 Å². The molecule has 8 nitrogen and oxygen atoms in total. The minimum Gasteiger partial charge on any atom is -0.390 e. The van der Waals surface area contributed by atoms with Gasteiger partial charge in [-0.1, -0.05) is 0 Å². The standard InChI is InChI=1S/C26H34FN7O/c1-16-24(30-20-6-4-3-5-19(20)28-16)22-15-34-25(31-22)21(29-18-7-10-26(2,35)11-8-18)13-23(32-34)33-12-9-17(27)14-33/h13,15,17-18,29,35H,3-12,14H2,1-2H3/t17-,18-,26-/m0/s1. The van der Waals surface area contributed by atoms with Gasteiger partial charge in [0.15, 0.2) is 11.5 Å². The molecule has 1 atom stereocenters. The molecule has 2 N–H and O–H groups in total. The molecule has 6 rings (SSSR count). The third kappa shape index (κ3) is 4.46. The van der Waals surface area contributed by atoms with Crippen molar-refractivity contribution in [3.05, 3.63) is 29.3 Å². The van der Waals surface area contributed by atoms with Crippen LogP contribution in [-0.4, -0.2) is 60.6 Å². The summed E-state index contributed by atoms with van der Waals surface area (Å²) < 4.78 is 15.8. The molecule has 0 unspecified atom stereocenters. The van der Waals surface area contributed by atoms with Crippen LogP contribution in [0.3, 0.4) is 0 Å². The van der Waals surface area contributed by atoms with Crippen LogP contribution in [0.25, 0.3) is 17.0 Å². The van der Waals surface area contributed by atoms with Crippen LogP contribution in [0.5, 0.6) is 0 Å². The maximum Gasteiger partial charge on any atom is 0.177 e. The van der Waals surface area contributed by atoms with Crippen LogP contribution in [0.2, 0.25) is 0 Å². The van der Waals surface area contributed by atoms with Crippen LogP contribution >= 0.6 is 0 Å². The summed E-state index contributed by atoms with van der Waals surface area (Å²) in [5.74, 6) is 0.750. The number of nitrogens with one attached hydrogen (secondary N) is 1. The van der Waals surface area contributed by atoms with E-state index in [4.69, 9.17) is 20.1 Å². The number of rotatable bonds is 4. The fourth-order valence-electron chi connectivity index (χ4n) is 5.70. The lowest BCUT2D eigenvalue weighted by Gasteiger charge is -2.34. The Hall–Kier alpha value is -2.81. The fraction of sp³-hybridized carbons (Fsp3) is 0.615. The zero-order chi connectivity index (χ0) is 24.2. The molecule has 0 aromatic carbocycles. The minimum absolute atomic E-state index is 0.243. The molecular formula is C26H34FN7O. The summed E-state index contributed by atoms with van der Waals surface area (Å²) >= 11 is 0.